The third-order valence-corrected chi connectivity index (χ3v) is 3.89. The van der Waals surface area contributed by atoms with Crippen LogP contribution in [0, 0.1) is 11.7 Å². The fraction of sp³-hybridized carbons (Fsp3) is 0.625. The van der Waals surface area contributed by atoms with Crippen LogP contribution in [0.3, 0.4) is 0 Å². The van der Waals surface area contributed by atoms with Gasteiger partial charge >= 0.3 is 0 Å². The maximum absolute atomic E-state index is 13.1. The molecule has 0 aliphatic carbocycles. The number of nitrogens with one attached hydrogen (secondary N) is 1. The lowest BCUT2D eigenvalue weighted by Crippen LogP contribution is -2.30. The van der Waals surface area contributed by atoms with E-state index in [1.165, 1.54) is 44.8 Å². The molecule has 1 unspecified atom stereocenters. The van der Waals surface area contributed by atoms with Gasteiger partial charge in [0, 0.05) is 6.54 Å². The standard InChI is InChI=1S/C16H25FN2/c1-19(13-15-5-2-8-16(17)11-15)10-4-7-14-6-3-9-18-12-14/h2,5,8,11,14,18H,3-4,6-7,9-10,12-13H2,1H3. The van der Waals surface area contributed by atoms with Crippen molar-refractivity contribution >= 4 is 0 Å². The number of benzene rings is 1. The van der Waals surface area contributed by atoms with Crippen molar-refractivity contribution in [2.45, 2.75) is 32.2 Å². The third-order valence-electron chi connectivity index (χ3n) is 3.89. The lowest BCUT2D eigenvalue weighted by atomic mass is 9.95. The molecule has 1 aliphatic rings. The minimum atomic E-state index is -0.140. The van der Waals surface area contributed by atoms with Gasteiger partial charge < -0.3 is 10.2 Å². The minimum absolute atomic E-state index is 0.140. The second kappa shape index (κ2) is 7.61. The molecule has 2 rings (SSSR count). The molecule has 1 aromatic rings. The molecule has 19 heavy (non-hydrogen) atoms. The molecule has 3 heteroatoms. The molecule has 1 atom stereocenters. The van der Waals surface area contributed by atoms with Crippen LogP contribution in [-0.4, -0.2) is 31.6 Å². The van der Waals surface area contributed by atoms with Gasteiger partial charge in [-0.1, -0.05) is 12.1 Å². The first kappa shape index (κ1) is 14.5. The van der Waals surface area contributed by atoms with Crippen molar-refractivity contribution in [3.8, 4) is 0 Å². The first-order valence-corrected chi connectivity index (χ1v) is 7.38. The van der Waals surface area contributed by atoms with E-state index in [1.807, 2.05) is 6.07 Å². The summed E-state index contributed by atoms with van der Waals surface area (Å²) < 4.78 is 13.1. The molecular formula is C16H25FN2. The van der Waals surface area contributed by atoms with Gasteiger partial charge in [0.2, 0.25) is 0 Å². The van der Waals surface area contributed by atoms with Crippen LogP contribution >= 0.6 is 0 Å². The summed E-state index contributed by atoms with van der Waals surface area (Å²) in [6, 6.07) is 6.90. The molecule has 0 radical (unpaired) electrons. The average molecular weight is 264 g/mol. The normalized spacial score (nSPS) is 19.8. The van der Waals surface area contributed by atoms with Gasteiger partial charge in [-0.05, 0) is 76.0 Å². The van der Waals surface area contributed by atoms with Crippen molar-refractivity contribution in [1.29, 1.82) is 0 Å². The van der Waals surface area contributed by atoms with Crippen LogP contribution in [-0.2, 0) is 6.54 Å². The molecule has 1 saturated heterocycles. The fourth-order valence-electron chi connectivity index (χ4n) is 2.85. The van der Waals surface area contributed by atoms with E-state index >= 15 is 0 Å². The van der Waals surface area contributed by atoms with Crippen molar-refractivity contribution in [2.24, 2.45) is 5.92 Å². The summed E-state index contributed by atoms with van der Waals surface area (Å²) in [6.07, 6.45) is 5.24. The highest BCUT2D eigenvalue weighted by atomic mass is 19.1. The predicted molar refractivity (Wildman–Crippen MR) is 77.6 cm³/mol. The summed E-state index contributed by atoms with van der Waals surface area (Å²) in [5.41, 5.74) is 1.06. The highest BCUT2D eigenvalue weighted by Gasteiger charge is 2.12. The van der Waals surface area contributed by atoms with Gasteiger partial charge in [-0.25, -0.2) is 4.39 Å². The van der Waals surface area contributed by atoms with Crippen LogP contribution in [0.1, 0.15) is 31.2 Å². The average Bonchev–Trinajstić information content (AvgIpc) is 2.40. The van der Waals surface area contributed by atoms with E-state index < -0.39 is 0 Å². The number of piperidine rings is 1. The van der Waals surface area contributed by atoms with E-state index in [2.05, 4.69) is 17.3 Å². The maximum atomic E-state index is 13.1. The lowest BCUT2D eigenvalue weighted by molar-refractivity contribution is 0.287. The molecule has 1 aliphatic heterocycles. The molecular weight excluding hydrogens is 239 g/mol. The van der Waals surface area contributed by atoms with Crippen molar-refractivity contribution in [3.63, 3.8) is 0 Å². The van der Waals surface area contributed by atoms with E-state index in [0.29, 0.717) is 0 Å². The number of hydrogen-bond donors (Lipinski definition) is 1. The molecule has 1 aromatic carbocycles. The summed E-state index contributed by atoms with van der Waals surface area (Å²) >= 11 is 0. The Balaban J connectivity index is 1.65. The molecule has 0 amide bonds. The van der Waals surface area contributed by atoms with E-state index in [0.717, 1.165) is 24.6 Å². The van der Waals surface area contributed by atoms with Crippen LogP contribution in [0.5, 0.6) is 0 Å². The lowest BCUT2D eigenvalue weighted by Gasteiger charge is -2.24. The Morgan fingerprint density at radius 1 is 1.42 bits per heavy atom. The van der Waals surface area contributed by atoms with Gasteiger partial charge in [0.15, 0.2) is 0 Å². The van der Waals surface area contributed by atoms with Crippen LogP contribution in [0.4, 0.5) is 4.39 Å². The van der Waals surface area contributed by atoms with E-state index in [1.54, 1.807) is 12.1 Å². The maximum Gasteiger partial charge on any atom is 0.123 e. The topological polar surface area (TPSA) is 15.3 Å². The van der Waals surface area contributed by atoms with Gasteiger partial charge in [0.05, 0.1) is 0 Å². The largest absolute Gasteiger partial charge is 0.316 e. The zero-order valence-corrected chi connectivity index (χ0v) is 11.9. The first-order chi connectivity index (χ1) is 9.24. The van der Waals surface area contributed by atoms with Gasteiger partial charge in [-0.15, -0.1) is 0 Å². The Labute approximate surface area is 116 Å². The van der Waals surface area contributed by atoms with E-state index in [-0.39, 0.29) is 5.82 Å². The molecule has 0 aromatic heterocycles. The molecule has 1 fully saturated rings. The smallest absolute Gasteiger partial charge is 0.123 e. The van der Waals surface area contributed by atoms with Crippen molar-refractivity contribution < 1.29 is 4.39 Å². The monoisotopic (exact) mass is 264 g/mol. The third kappa shape index (κ3) is 5.29. The van der Waals surface area contributed by atoms with Crippen molar-refractivity contribution in [3.05, 3.63) is 35.6 Å². The van der Waals surface area contributed by atoms with Gasteiger partial charge in [0.25, 0.3) is 0 Å². The van der Waals surface area contributed by atoms with Crippen LogP contribution in [0.15, 0.2) is 24.3 Å². The van der Waals surface area contributed by atoms with Crippen LogP contribution in [0.2, 0.25) is 0 Å². The molecule has 0 bridgehead atoms. The molecule has 1 heterocycles. The molecule has 0 saturated carbocycles. The molecule has 0 spiro atoms. The number of halogens is 1. The summed E-state index contributed by atoms with van der Waals surface area (Å²) in [6.45, 7) is 4.30. The highest BCUT2D eigenvalue weighted by molar-refractivity contribution is 5.15. The predicted octanol–water partition coefficient (Wildman–Crippen LogP) is 3.04. The van der Waals surface area contributed by atoms with Gasteiger partial charge in [-0.3, -0.25) is 0 Å². The quantitative estimate of drug-likeness (QED) is 0.849. The second-order valence-corrected chi connectivity index (χ2v) is 5.72. The summed E-state index contributed by atoms with van der Waals surface area (Å²) in [5.74, 6) is 0.718. The highest BCUT2D eigenvalue weighted by Crippen LogP contribution is 2.16. The Morgan fingerprint density at radius 2 is 2.32 bits per heavy atom. The fourth-order valence-corrected chi connectivity index (χ4v) is 2.85. The Bertz CT molecular complexity index is 375. The summed E-state index contributed by atoms with van der Waals surface area (Å²) in [4.78, 5) is 2.28. The summed E-state index contributed by atoms with van der Waals surface area (Å²) in [5, 5.41) is 3.46. The van der Waals surface area contributed by atoms with E-state index in [4.69, 9.17) is 0 Å². The first-order valence-electron chi connectivity index (χ1n) is 7.38. The minimum Gasteiger partial charge on any atom is -0.316 e. The molecule has 1 N–H and O–H groups in total. The van der Waals surface area contributed by atoms with Crippen LogP contribution < -0.4 is 5.32 Å². The number of rotatable bonds is 6. The molecule has 106 valence electrons. The van der Waals surface area contributed by atoms with Crippen molar-refractivity contribution in [2.75, 3.05) is 26.7 Å². The van der Waals surface area contributed by atoms with Crippen LogP contribution in [0.25, 0.3) is 0 Å². The second-order valence-electron chi connectivity index (χ2n) is 5.72. The van der Waals surface area contributed by atoms with E-state index in [9.17, 15) is 4.39 Å². The van der Waals surface area contributed by atoms with Gasteiger partial charge in [0.1, 0.15) is 5.82 Å². The van der Waals surface area contributed by atoms with Gasteiger partial charge in [-0.2, -0.15) is 0 Å². The summed E-state index contributed by atoms with van der Waals surface area (Å²) in [7, 11) is 2.12. The Hall–Kier alpha value is -0.930. The Morgan fingerprint density at radius 3 is 3.05 bits per heavy atom. The zero-order valence-electron chi connectivity index (χ0n) is 11.9. The molecule has 2 nitrogen and oxygen atoms in total. The Kier molecular flexibility index (Phi) is 5.80. The number of nitrogens with zero attached hydrogens (tertiary/aromatic N) is 1. The SMILES string of the molecule is CN(CCCC1CCCNC1)Cc1cccc(F)c1. The number of hydrogen-bond acceptors (Lipinski definition) is 2. The zero-order chi connectivity index (χ0) is 13.5. The van der Waals surface area contributed by atoms with Crippen molar-refractivity contribution in [1.82, 2.24) is 10.2 Å².